The number of hydrogen-bond donors (Lipinski definition) is 1. The zero-order valence-corrected chi connectivity index (χ0v) is 10.8. The Morgan fingerprint density at radius 2 is 1.87 bits per heavy atom. The maximum Gasteiger partial charge on any atom is 0.0189 e. The normalized spacial score (nSPS) is 19.3. The smallest absolute Gasteiger partial charge is 0.0189 e. The Balaban J connectivity index is 2.41. The number of likely N-dealkylation sites (tertiary alicyclic amines) is 1. The molecule has 2 heteroatoms. The van der Waals surface area contributed by atoms with Crippen LogP contribution in [0.25, 0.3) is 0 Å². The molecule has 1 N–H and O–H groups in total. The van der Waals surface area contributed by atoms with Gasteiger partial charge in [0.25, 0.3) is 0 Å². The van der Waals surface area contributed by atoms with Crippen LogP contribution in [0.2, 0.25) is 0 Å². The van der Waals surface area contributed by atoms with Gasteiger partial charge in [-0.2, -0.15) is 0 Å². The minimum atomic E-state index is 0.213. The second-order valence-corrected chi connectivity index (χ2v) is 5.52. The Morgan fingerprint density at radius 3 is 2.27 bits per heavy atom. The average Bonchev–Trinajstić information content (AvgIpc) is 2.17. The van der Waals surface area contributed by atoms with E-state index in [2.05, 4.69) is 44.5 Å². The summed E-state index contributed by atoms with van der Waals surface area (Å²) in [4.78, 5) is 2.45. The summed E-state index contributed by atoms with van der Waals surface area (Å²) in [5, 5.41) is 3.53. The van der Waals surface area contributed by atoms with Crippen molar-refractivity contribution in [3.8, 4) is 0 Å². The van der Waals surface area contributed by atoms with Crippen LogP contribution in [0.1, 0.15) is 40.5 Å². The van der Waals surface area contributed by atoms with Crippen molar-refractivity contribution in [3.63, 3.8) is 0 Å². The zero-order chi connectivity index (χ0) is 11.5. The Kier molecular flexibility index (Phi) is 4.21. The number of hydrogen-bond acceptors (Lipinski definition) is 2. The minimum absolute atomic E-state index is 0.213. The average molecular weight is 210 g/mol. The van der Waals surface area contributed by atoms with E-state index in [0.29, 0.717) is 0 Å². The topological polar surface area (TPSA) is 15.3 Å². The van der Waals surface area contributed by atoms with Crippen molar-refractivity contribution in [1.82, 2.24) is 10.2 Å². The first-order chi connectivity index (χ1) is 6.95. The fourth-order valence-corrected chi connectivity index (χ4v) is 2.12. The molecule has 1 heterocycles. The van der Waals surface area contributed by atoms with Crippen LogP contribution >= 0.6 is 0 Å². The highest BCUT2D eigenvalue weighted by Crippen LogP contribution is 2.28. The van der Waals surface area contributed by atoms with Crippen molar-refractivity contribution in [1.29, 1.82) is 0 Å². The van der Waals surface area contributed by atoms with Crippen LogP contribution in [0.15, 0.2) is 12.3 Å². The maximum atomic E-state index is 4.23. The number of allylic oxidation sites excluding steroid dienone is 1. The van der Waals surface area contributed by atoms with Crippen molar-refractivity contribution >= 4 is 0 Å². The number of rotatable bonds is 3. The molecule has 0 saturated carbocycles. The fourth-order valence-electron chi connectivity index (χ4n) is 2.12. The maximum absolute atomic E-state index is 4.23. The summed E-state index contributed by atoms with van der Waals surface area (Å²) in [6.07, 6.45) is 2.51. The molecule has 0 atom stereocenters. The summed E-state index contributed by atoms with van der Waals surface area (Å²) in [6, 6.07) is 0.721. The fraction of sp³-hybridized carbons (Fsp3) is 0.846. The molecule has 0 bridgehead atoms. The molecule has 0 aliphatic carbocycles. The Morgan fingerprint density at radius 1 is 1.33 bits per heavy atom. The largest absolute Gasteiger partial charge is 0.375 e. The minimum Gasteiger partial charge on any atom is -0.375 e. The van der Waals surface area contributed by atoms with E-state index in [1.165, 1.54) is 18.5 Å². The van der Waals surface area contributed by atoms with Crippen LogP contribution in [0.3, 0.4) is 0 Å². The van der Waals surface area contributed by atoms with Gasteiger partial charge >= 0.3 is 0 Å². The van der Waals surface area contributed by atoms with Crippen LogP contribution in [0.5, 0.6) is 0 Å². The molecule has 1 fully saturated rings. The molecular formula is C13H26N2. The predicted molar refractivity (Wildman–Crippen MR) is 66.9 cm³/mol. The quantitative estimate of drug-likeness (QED) is 0.770. The van der Waals surface area contributed by atoms with E-state index in [0.717, 1.165) is 25.7 Å². The van der Waals surface area contributed by atoms with Crippen LogP contribution in [-0.2, 0) is 0 Å². The van der Waals surface area contributed by atoms with Gasteiger partial charge in [0.15, 0.2) is 0 Å². The van der Waals surface area contributed by atoms with Gasteiger partial charge in [0.1, 0.15) is 0 Å². The van der Waals surface area contributed by atoms with Crippen LogP contribution in [0.4, 0.5) is 0 Å². The highest BCUT2D eigenvalue weighted by atomic mass is 15.2. The summed E-state index contributed by atoms with van der Waals surface area (Å²) in [6.45, 7) is 16.5. The first-order valence-corrected chi connectivity index (χ1v) is 6.13. The van der Waals surface area contributed by atoms with Gasteiger partial charge < -0.3 is 10.2 Å². The molecule has 0 aromatic rings. The van der Waals surface area contributed by atoms with Gasteiger partial charge in [-0.25, -0.2) is 0 Å². The van der Waals surface area contributed by atoms with Crippen molar-refractivity contribution in [2.45, 2.75) is 46.6 Å². The first-order valence-electron chi connectivity index (χ1n) is 6.13. The van der Waals surface area contributed by atoms with Gasteiger partial charge in [-0.1, -0.05) is 34.3 Å². The van der Waals surface area contributed by atoms with Gasteiger partial charge in [0.05, 0.1) is 0 Å². The SMILES string of the molecule is C=C(N1CCC(NCC)CC1)C(C)(C)C. The van der Waals surface area contributed by atoms with Crippen molar-refractivity contribution in [2.24, 2.45) is 5.41 Å². The monoisotopic (exact) mass is 210 g/mol. The van der Waals surface area contributed by atoms with Gasteiger partial charge in [0, 0.05) is 30.2 Å². The summed E-state index contributed by atoms with van der Waals surface area (Å²) in [5.74, 6) is 0. The molecule has 1 aliphatic rings. The molecule has 0 aromatic heterocycles. The van der Waals surface area contributed by atoms with Crippen LogP contribution in [-0.4, -0.2) is 30.6 Å². The molecule has 2 nitrogen and oxygen atoms in total. The van der Waals surface area contributed by atoms with E-state index in [1.807, 2.05) is 0 Å². The second-order valence-electron chi connectivity index (χ2n) is 5.52. The molecule has 0 aromatic carbocycles. The third kappa shape index (κ3) is 3.53. The Bertz CT molecular complexity index is 207. The molecule has 15 heavy (non-hydrogen) atoms. The zero-order valence-electron chi connectivity index (χ0n) is 10.8. The third-order valence-electron chi connectivity index (χ3n) is 3.24. The molecule has 0 amide bonds. The second kappa shape index (κ2) is 5.02. The highest BCUT2D eigenvalue weighted by molar-refractivity contribution is 5.05. The summed E-state index contributed by atoms with van der Waals surface area (Å²) in [7, 11) is 0. The van der Waals surface area contributed by atoms with Gasteiger partial charge in [-0.3, -0.25) is 0 Å². The Labute approximate surface area is 94.7 Å². The lowest BCUT2D eigenvalue weighted by atomic mass is 9.90. The van der Waals surface area contributed by atoms with Crippen molar-refractivity contribution < 1.29 is 0 Å². The molecule has 1 rings (SSSR count). The molecular weight excluding hydrogens is 184 g/mol. The lowest BCUT2D eigenvalue weighted by Gasteiger charge is -2.39. The van der Waals surface area contributed by atoms with Crippen molar-refractivity contribution in [3.05, 3.63) is 12.3 Å². The highest BCUT2D eigenvalue weighted by Gasteiger charge is 2.24. The van der Waals surface area contributed by atoms with E-state index in [4.69, 9.17) is 0 Å². The van der Waals surface area contributed by atoms with Gasteiger partial charge in [0.2, 0.25) is 0 Å². The van der Waals surface area contributed by atoms with Gasteiger partial charge in [-0.15, -0.1) is 0 Å². The first kappa shape index (κ1) is 12.6. The third-order valence-corrected chi connectivity index (χ3v) is 3.24. The standard InChI is InChI=1S/C13H26N2/c1-6-14-12-7-9-15(10-8-12)11(2)13(3,4)5/h12,14H,2,6-10H2,1,3-5H3. The lowest BCUT2D eigenvalue weighted by Crippen LogP contribution is -2.43. The number of nitrogens with zero attached hydrogens (tertiary/aromatic N) is 1. The predicted octanol–water partition coefficient (Wildman–Crippen LogP) is 2.62. The van der Waals surface area contributed by atoms with E-state index in [1.54, 1.807) is 0 Å². The molecule has 1 aliphatic heterocycles. The van der Waals surface area contributed by atoms with Gasteiger partial charge in [-0.05, 0) is 19.4 Å². The molecule has 1 saturated heterocycles. The molecule has 0 unspecified atom stereocenters. The number of nitrogens with one attached hydrogen (secondary N) is 1. The number of piperidine rings is 1. The van der Waals surface area contributed by atoms with E-state index < -0.39 is 0 Å². The molecule has 88 valence electrons. The van der Waals surface area contributed by atoms with Crippen LogP contribution in [0, 0.1) is 5.41 Å². The Hall–Kier alpha value is -0.500. The van der Waals surface area contributed by atoms with Crippen molar-refractivity contribution in [2.75, 3.05) is 19.6 Å². The summed E-state index contributed by atoms with van der Waals surface area (Å²) < 4.78 is 0. The van der Waals surface area contributed by atoms with Crippen LogP contribution < -0.4 is 5.32 Å². The summed E-state index contributed by atoms with van der Waals surface area (Å²) >= 11 is 0. The molecule has 0 radical (unpaired) electrons. The molecule has 0 spiro atoms. The van der Waals surface area contributed by atoms with E-state index in [-0.39, 0.29) is 5.41 Å². The lowest BCUT2D eigenvalue weighted by molar-refractivity contribution is 0.205. The van der Waals surface area contributed by atoms with E-state index in [9.17, 15) is 0 Å². The summed E-state index contributed by atoms with van der Waals surface area (Å²) in [5.41, 5.74) is 1.50. The van der Waals surface area contributed by atoms with E-state index >= 15 is 0 Å².